The third-order valence-electron chi connectivity index (χ3n) is 6.70. The summed E-state index contributed by atoms with van der Waals surface area (Å²) < 4.78 is 104. The van der Waals surface area contributed by atoms with E-state index in [0.717, 1.165) is 10.7 Å². The zero-order chi connectivity index (χ0) is 28.5. The summed E-state index contributed by atoms with van der Waals surface area (Å²) in [5.74, 6) is -0.659. The van der Waals surface area contributed by atoms with Crippen LogP contribution < -0.4 is 5.32 Å². The van der Waals surface area contributed by atoms with Crippen LogP contribution in [0.5, 0.6) is 0 Å². The van der Waals surface area contributed by atoms with Gasteiger partial charge < -0.3 is 5.32 Å². The van der Waals surface area contributed by atoms with Crippen LogP contribution in [-0.2, 0) is 29.0 Å². The Hall–Kier alpha value is -2.28. The van der Waals surface area contributed by atoms with Gasteiger partial charge in [0, 0.05) is 31.3 Å². The van der Waals surface area contributed by atoms with E-state index in [4.69, 9.17) is 11.6 Å². The van der Waals surface area contributed by atoms with E-state index in [0.29, 0.717) is 31.7 Å². The number of halogens is 7. The van der Waals surface area contributed by atoms with E-state index in [2.05, 4.69) is 10.4 Å². The maximum atomic E-state index is 13.9. The van der Waals surface area contributed by atoms with Crippen molar-refractivity contribution < 1.29 is 39.6 Å². The summed E-state index contributed by atoms with van der Waals surface area (Å²) in [6.45, 7) is 1.90. The Morgan fingerprint density at radius 2 is 1.76 bits per heavy atom. The minimum absolute atomic E-state index is 0.0320. The van der Waals surface area contributed by atoms with Crippen molar-refractivity contribution in [3.63, 3.8) is 0 Å². The SMILES string of the molecule is CCn1nc(C(=O)NCC2CCC(S(C)(=O)=O)CC2)c(Cl)c1-c1ccc(CCC(F)(F)F)cc1C(F)(F)F. The van der Waals surface area contributed by atoms with Crippen molar-refractivity contribution in [3.05, 3.63) is 40.0 Å². The fourth-order valence-corrected chi connectivity index (χ4v) is 6.08. The number of hydrogen-bond donors (Lipinski definition) is 1. The molecule has 0 saturated heterocycles. The third-order valence-corrected chi connectivity index (χ3v) is 8.74. The highest BCUT2D eigenvalue weighted by molar-refractivity contribution is 7.91. The van der Waals surface area contributed by atoms with Crippen LogP contribution in [0.1, 0.15) is 60.6 Å². The first-order chi connectivity index (χ1) is 17.5. The highest BCUT2D eigenvalue weighted by Gasteiger charge is 2.37. The second-order valence-corrected chi connectivity index (χ2v) is 12.2. The van der Waals surface area contributed by atoms with Gasteiger partial charge in [0.1, 0.15) is 9.84 Å². The summed E-state index contributed by atoms with van der Waals surface area (Å²) in [6.07, 6.45) is -7.96. The molecule has 14 heteroatoms. The second-order valence-electron chi connectivity index (χ2n) is 9.50. The molecule has 0 spiro atoms. The number of hydrogen-bond acceptors (Lipinski definition) is 4. The smallest absolute Gasteiger partial charge is 0.350 e. The lowest BCUT2D eigenvalue weighted by molar-refractivity contribution is -0.137. The summed E-state index contributed by atoms with van der Waals surface area (Å²) in [7, 11) is -3.13. The molecule has 0 bridgehead atoms. The van der Waals surface area contributed by atoms with Gasteiger partial charge in [0.15, 0.2) is 5.69 Å². The number of nitrogens with zero attached hydrogens (tertiary/aromatic N) is 2. The van der Waals surface area contributed by atoms with Gasteiger partial charge >= 0.3 is 12.4 Å². The van der Waals surface area contributed by atoms with Gasteiger partial charge in [0.05, 0.1) is 21.5 Å². The van der Waals surface area contributed by atoms with Crippen LogP contribution in [0.2, 0.25) is 5.02 Å². The van der Waals surface area contributed by atoms with Crippen molar-refractivity contribution in [3.8, 4) is 11.3 Å². The lowest BCUT2D eigenvalue weighted by Crippen LogP contribution is -2.34. The largest absolute Gasteiger partial charge is 0.417 e. The summed E-state index contributed by atoms with van der Waals surface area (Å²) in [6, 6.07) is 2.88. The van der Waals surface area contributed by atoms with Crippen LogP contribution in [0, 0.1) is 5.92 Å². The molecular weight excluding hydrogens is 560 g/mol. The van der Waals surface area contributed by atoms with Crippen LogP contribution >= 0.6 is 11.6 Å². The van der Waals surface area contributed by atoms with Gasteiger partial charge in [0.2, 0.25) is 0 Å². The Kier molecular flexibility index (Phi) is 9.12. The first-order valence-corrected chi connectivity index (χ1v) is 14.3. The molecule has 1 N–H and O–H groups in total. The van der Waals surface area contributed by atoms with Crippen LogP contribution in [0.4, 0.5) is 26.3 Å². The summed E-state index contributed by atoms with van der Waals surface area (Å²) in [5.41, 5.74) is -2.15. The van der Waals surface area contributed by atoms with Gasteiger partial charge in [-0.1, -0.05) is 23.7 Å². The van der Waals surface area contributed by atoms with Gasteiger partial charge in [-0.05, 0) is 56.6 Å². The minimum atomic E-state index is -4.90. The molecule has 6 nitrogen and oxygen atoms in total. The lowest BCUT2D eigenvalue weighted by Gasteiger charge is -2.27. The van der Waals surface area contributed by atoms with Gasteiger partial charge in [0.25, 0.3) is 5.91 Å². The maximum Gasteiger partial charge on any atom is 0.417 e. The Morgan fingerprint density at radius 3 is 2.29 bits per heavy atom. The van der Waals surface area contributed by atoms with Gasteiger partial charge in [-0.3, -0.25) is 9.48 Å². The number of carbonyl (C=O) groups is 1. The van der Waals surface area contributed by atoms with Crippen LogP contribution in [-0.4, -0.2) is 48.3 Å². The van der Waals surface area contributed by atoms with Gasteiger partial charge in [-0.2, -0.15) is 31.4 Å². The summed E-state index contributed by atoms with van der Waals surface area (Å²) in [4.78, 5) is 12.9. The van der Waals surface area contributed by atoms with E-state index in [1.165, 1.54) is 12.3 Å². The molecule has 38 heavy (non-hydrogen) atoms. The Bertz CT molecular complexity index is 1270. The fraction of sp³-hybridized carbons (Fsp3) is 0.583. The lowest BCUT2D eigenvalue weighted by atomic mass is 9.89. The van der Waals surface area contributed by atoms with Crippen LogP contribution in [0.3, 0.4) is 0 Å². The molecule has 1 aliphatic rings. The quantitative estimate of drug-likeness (QED) is 0.380. The third kappa shape index (κ3) is 7.43. The highest BCUT2D eigenvalue weighted by Crippen LogP contribution is 2.41. The number of aryl methyl sites for hydroxylation is 2. The number of sulfone groups is 1. The second kappa shape index (κ2) is 11.4. The first-order valence-electron chi connectivity index (χ1n) is 12.0. The van der Waals surface area contributed by atoms with Crippen molar-refractivity contribution in [1.82, 2.24) is 15.1 Å². The van der Waals surface area contributed by atoms with Gasteiger partial charge in [-0.25, -0.2) is 8.42 Å². The highest BCUT2D eigenvalue weighted by atomic mass is 35.5. The molecule has 1 aromatic carbocycles. The number of carbonyl (C=O) groups excluding carboxylic acids is 1. The predicted octanol–water partition coefficient (Wildman–Crippen LogP) is 6.07. The molecule has 0 unspecified atom stereocenters. The van der Waals surface area contributed by atoms with Crippen molar-refractivity contribution in [2.45, 2.75) is 69.6 Å². The molecule has 1 heterocycles. The van der Waals surface area contributed by atoms with E-state index < -0.39 is 57.3 Å². The molecule has 212 valence electrons. The fourth-order valence-electron chi connectivity index (χ4n) is 4.63. The predicted molar refractivity (Wildman–Crippen MR) is 131 cm³/mol. The van der Waals surface area contributed by atoms with Crippen LogP contribution in [0.15, 0.2) is 18.2 Å². The monoisotopic (exact) mass is 587 g/mol. The number of rotatable bonds is 8. The number of aromatic nitrogens is 2. The maximum absolute atomic E-state index is 13.9. The molecule has 0 atom stereocenters. The molecule has 2 aromatic rings. The molecule has 1 amide bonds. The number of nitrogens with one attached hydrogen (secondary N) is 1. The van der Waals surface area contributed by atoms with Crippen molar-refractivity contribution in [2.75, 3.05) is 12.8 Å². The Balaban J connectivity index is 1.84. The van der Waals surface area contributed by atoms with E-state index in [9.17, 15) is 39.6 Å². The average molecular weight is 588 g/mol. The van der Waals surface area contributed by atoms with Crippen molar-refractivity contribution >= 4 is 27.3 Å². The van der Waals surface area contributed by atoms with E-state index >= 15 is 0 Å². The zero-order valence-corrected chi connectivity index (χ0v) is 22.3. The van der Waals surface area contributed by atoms with Gasteiger partial charge in [-0.15, -0.1) is 0 Å². The molecule has 1 aromatic heterocycles. The number of alkyl halides is 6. The molecule has 1 saturated carbocycles. The zero-order valence-electron chi connectivity index (χ0n) is 20.7. The van der Waals surface area contributed by atoms with E-state index in [1.807, 2.05) is 0 Å². The Labute approximate surface area is 221 Å². The Morgan fingerprint density at radius 1 is 1.13 bits per heavy atom. The minimum Gasteiger partial charge on any atom is -0.350 e. The summed E-state index contributed by atoms with van der Waals surface area (Å²) >= 11 is 6.38. The summed E-state index contributed by atoms with van der Waals surface area (Å²) in [5, 5.41) is 6.08. The standard InChI is InChI=1S/C24H28ClF6N3O3S/c1-3-34-21(17-9-6-14(10-11-23(26,27)28)12-18(17)24(29,30)31)19(25)20(33-34)22(35)32-13-15-4-7-16(8-5-15)38(2,36)37/h6,9,12,15-16H,3-5,7-8,10-11,13H2,1-2H3,(H,32,35). The van der Waals surface area contributed by atoms with Crippen molar-refractivity contribution in [2.24, 2.45) is 5.92 Å². The van der Waals surface area contributed by atoms with Crippen molar-refractivity contribution in [1.29, 1.82) is 0 Å². The molecule has 1 fully saturated rings. The normalized spacial score (nSPS) is 19.0. The number of benzene rings is 1. The topological polar surface area (TPSA) is 81.1 Å². The first kappa shape index (κ1) is 30.3. The van der Waals surface area contributed by atoms with E-state index in [-0.39, 0.29) is 41.0 Å². The molecular formula is C24H28ClF6N3O3S. The molecule has 0 radical (unpaired) electrons. The molecule has 1 aliphatic carbocycles. The van der Waals surface area contributed by atoms with Crippen LogP contribution in [0.25, 0.3) is 11.3 Å². The van der Waals surface area contributed by atoms with E-state index in [1.54, 1.807) is 6.92 Å². The number of amides is 1. The molecule has 3 rings (SSSR count). The average Bonchev–Trinajstić information content (AvgIpc) is 3.16. The molecule has 0 aliphatic heterocycles.